The summed E-state index contributed by atoms with van der Waals surface area (Å²) in [5, 5.41) is 11.5. The number of carbonyl (C=O) groups excluding carboxylic acids is 1. The predicted octanol–water partition coefficient (Wildman–Crippen LogP) is 4.33. The molecule has 4 N–H and O–H groups in total. The number of benzene rings is 3. The molecule has 0 radical (unpaired) electrons. The van der Waals surface area contributed by atoms with Gasteiger partial charge in [-0.2, -0.15) is 0 Å². The molecule has 5 nitrogen and oxygen atoms in total. The summed E-state index contributed by atoms with van der Waals surface area (Å²) in [6.07, 6.45) is 3.94. The first-order chi connectivity index (χ1) is 16.9. The molecule has 0 bridgehead atoms. The van der Waals surface area contributed by atoms with E-state index in [-0.39, 0.29) is 11.9 Å². The Kier molecular flexibility index (Phi) is 9.47. The Bertz CT molecular complexity index is 996. The van der Waals surface area contributed by atoms with Crippen molar-refractivity contribution in [2.45, 2.75) is 25.7 Å². The maximum atomic E-state index is 12.3. The number of hydrogen-bond acceptors (Lipinski definition) is 2. The number of amides is 1. The Balaban J connectivity index is 1.74. The van der Waals surface area contributed by atoms with Crippen LogP contribution in [0.4, 0.5) is 0 Å². The minimum absolute atomic E-state index is 0.0248. The molecule has 0 aliphatic carbocycles. The number of rotatable bonds is 12. The second-order valence-corrected chi connectivity index (χ2v) is 17.9. The Labute approximate surface area is 217 Å². The third-order valence-electron chi connectivity index (χ3n) is 6.52. The van der Waals surface area contributed by atoms with Gasteiger partial charge in [0.1, 0.15) is 0 Å². The Morgan fingerprint density at radius 2 is 1.31 bits per heavy atom. The van der Waals surface area contributed by atoms with E-state index < -0.39 is 5.31 Å². The number of nitrogens with one attached hydrogen (secondary N) is 2. The summed E-state index contributed by atoms with van der Waals surface area (Å²) in [4.78, 5) is 13.9. The van der Waals surface area contributed by atoms with Crippen LogP contribution in [0.2, 0.25) is 0 Å². The van der Waals surface area contributed by atoms with Gasteiger partial charge >= 0.3 is 218 Å². The summed E-state index contributed by atoms with van der Waals surface area (Å²) in [6, 6.07) is 32.4. The number of guanidine groups is 1. The van der Waals surface area contributed by atoms with Gasteiger partial charge in [0.2, 0.25) is 0 Å². The molecule has 3 aromatic rings. The molecule has 3 rings (SSSR count). The van der Waals surface area contributed by atoms with E-state index in [2.05, 4.69) is 112 Å². The topological polar surface area (TPSA) is 82.2 Å². The van der Waals surface area contributed by atoms with Gasteiger partial charge in [-0.05, 0) is 0 Å². The monoisotopic (exact) mass is 554 g/mol. The summed E-state index contributed by atoms with van der Waals surface area (Å²) >= 11 is 4.47. The number of nitrogens with two attached hydrogens (primary N) is 1. The average molecular weight is 556 g/mol. The van der Waals surface area contributed by atoms with Gasteiger partial charge in [-0.3, -0.25) is 0 Å². The molecule has 0 aliphatic heterocycles. The van der Waals surface area contributed by atoms with Crippen LogP contribution in [0.25, 0.3) is 0 Å². The van der Waals surface area contributed by atoms with Crippen LogP contribution < -0.4 is 27.0 Å². The van der Waals surface area contributed by atoms with Crippen molar-refractivity contribution in [3.8, 4) is 0 Å². The second kappa shape index (κ2) is 12.3. The Morgan fingerprint density at radius 3 is 1.74 bits per heavy atom. The number of hydrogen-bond donors (Lipinski definition) is 3. The summed E-state index contributed by atoms with van der Waals surface area (Å²) in [5.74, 6) is 0.0733. The van der Waals surface area contributed by atoms with Crippen LogP contribution in [-0.2, 0) is 4.79 Å². The van der Waals surface area contributed by atoms with Crippen molar-refractivity contribution in [2.24, 2.45) is 5.73 Å². The van der Waals surface area contributed by atoms with Crippen LogP contribution in [0, 0.1) is 5.41 Å². The minimum atomic E-state index is -2.90. The zero-order valence-corrected chi connectivity index (χ0v) is 22.8. The average Bonchev–Trinajstić information content (AvgIpc) is 2.90. The number of unbranched alkanes of at least 4 members (excludes halogenated alkanes) is 1. The molecule has 7 heteroatoms. The molecule has 1 amide bonds. The van der Waals surface area contributed by atoms with Gasteiger partial charge < -0.3 is 0 Å². The maximum absolute atomic E-state index is 12.3. The van der Waals surface area contributed by atoms with Gasteiger partial charge in [0.25, 0.3) is 0 Å². The van der Waals surface area contributed by atoms with E-state index in [1.165, 1.54) is 15.9 Å². The second-order valence-electron chi connectivity index (χ2n) is 8.88. The first-order valence-electron chi connectivity index (χ1n) is 12.1. The number of nitrogens with zero attached hydrogens (tertiary/aromatic N) is 1. The zero-order valence-electron chi connectivity index (χ0n) is 20.4. The van der Waals surface area contributed by atoms with E-state index in [0.29, 0.717) is 25.9 Å². The number of carbonyl (C=O) groups is 1. The Morgan fingerprint density at radius 1 is 0.857 bits per heavy atom. The van der Waals surface area contributed by atoms with Gasteiger partial charge in [0.05, 0.1) is 0 Å². The SMILES string of the molecule is CN(CCCC(=O)NCCCCP(Br)(c1ccccc1)(c1ccccc1)c1ccccc1)C(=N)N. The molecule has 0 aromatic heterocycles. The Hall–Kier alpha value is -2.69. The van der Waals surface area contributed by atoms with Crippen LogP contribution in [0.3, 0.4) is 0 Å². The van der Waals surface area contributed by atoms with Crippen LogP contribution in [0.5, 0.6) is 0 Å². The zero-order chi connectivity index (χ0) is 25.2. The molecule has 35 heavy (non-hydrogen) atoms. The standard InChI is InChI=1S/C28H36BrN4OP/c1-33(28(30)31)22-13-20-27(34)32-21-11-12-23-35(29,24-14-5-2-6-15-24,25-16-7-3-8-17-25)26-18-9-4-10-19-26/h2-10,14-19H,11-13,20-23H2,1H3,(H3,30,31)(H,32,34). The van der Waals surface area contributed by atoms with Crippen LogP contribution in [0.15, 0.2) is 91.0 Å². The molecule has 3 aromatic carbocycles. The molecule has 0 spiro atoms. The van der Waals surface area contributed by atoms with E-state index in [4.69, 9.17) is 11.1 Å². The fourth-order valence-corrected chi connectivity index (χ4v) is 12.2. The van der Waals surface area contributed by atoms with Crippen molar-refractivity contribution < 1.29 is 4.79 Å². The van der Waals surface area contributed by atoms with E-state index >= 15 is 0 Å². The molecule has 186 valence electrons. The van der Waals surface area contributed by atoms with Crippen LogP contribution >= 0.6 is 20.8 Å². The van der Waals surface area contributed by atoms with Crippen LogP contribution in [0.1, 0.15) is 25.7 Å². The molecule has 0 heterocycles. The van der Waals surface area contributed by atoms with Gasteiger partial charge in [-0.15, -0.1) is 0 Å². The van der Waals surface area contributed by atoms with E-state index in [0.717, 1.165) is 19.0 Å². The molecule has 0 saturated carbocycles. The first kappa shape index (κ1) is 26.9. The third-order valence-corrected chi connectivity index (χ3v) is 16.5. The predicted molar refractivity (Wildman–Crippen MR) is 155 cm³/mol. The molecular weight excluding hydrogens is 519 g/mol. The fraction of sp³-hybridized carbons (Fsp3) is 0.286. The summed E-state index contributed by atoms with van der Waals surface area (Å²) in [7, 11) is 1.76. The number of halogens is 1. The molecule has 0 atom stereocenters. The van der Waals surface area contributed by atoms with Crippen molar-refractivity contribution in [1.29, 1.82) is 5.41 Å². The van der Waals surface area contributed by atoms with Crippen molar-refractivity contribution in [3.63, 3.8) is 0 Å². The third kappa shape index (κ3) is 6.31. The van der Waals surface area contributed by atoms with Gasteiger partial charge in [0.15, 0.2) is 0 Å². The normalized spacial score (nSPS) is 12.3. The van der Waals surface area contributed by atoms with E-state index in [9.17, 15) is 4.79 Å². The van der Waals surface area contributed by atoms with Gasteiger partial charge in [-0.1, -0.05) is 0 Å². The van der Waals surface area contributed by atoms with Crippen molar-refractivity contribution >= 4 is 48.6 Å². The van der Waals surface area contributed by atoms with Crippen molar-refractivity contribution in [3.05, 3.63) is 91.0 Å². The molecule has 0 fully saturated rings. The summed E-state index contributed by atoms with van der Waals surface area (Å²) in [6.45, 7) is 1.26. The summed E-state index contributed by atoms with van der Waals surface area (Å²) in [5.41, 5.74) is 5.45. The van der Waals surface area contributed by atoms with E-state index in [1.807, 2.05) is 0 Å². The van der Waals surface area contributed by atoms with Crippen LogP contribution in [-0.4, -0.2) is 43.1 Å². The van der Waals surface area contributed by atoms with E-state index in [1.54, 1.807) is 11.9 Å². The molecule has 0 aliphatic rings. The van der Waals surface area contributed by atoms with Gasteiger partial charge in [0, 0.05) is 0 Å². The first-order valence-corrected chi connectivity index (χ1v) is 16.5. The van der Waals surface area contributed by atoms with Crippen molar-refractivity contribution in [1.82, 2.24) is 10.2 Å². The quantitative estimate of drug-likeness (QED) is 0.135. The molecule has 0 saturated heterocycles. The molecule has 0 unspecified atom stereocenters. The molecular formula is C28H36BrN4OP. The van der Waals surface area contributed by atoms with Crippen molar-refractivity contribution in [2.75, 3.05) is 26.3 Å². The summed E-state index contributed by atoms with van der Waals surface area (Å²) < 4.78 is 0. The fourth-order valence-electron chi connectivity index (χ4n) is 4.50. The van der Waals surface area contributed by atoms with Gasteiger partial charge in [-0.25, -0.2) is 0 Å².